The molecule has 0 spiro atoms. The van der Waals surface area contributed by atoms with E-state index in [9.17, 15) is 0 Å². The van der Waals surface area contributed by atoms with Gasteiger partial charge >= 0.3 is 0 Å². The molecule has 0 unspecified atom stereocenters. The summed E-state index contributed by atoms with van der Waals surface area (Å²) in [6.07, 6.45) is 4.65. The van der Waals surface area contributed by atoms with Crippen molar-refractivity contribution in [2.75, 3.05) is 38.6 Å². The fraction of sp³-hybridized carbons (Fsp3) is 0.409. The van der Waals surface area contributed by atoms with E-state index in [1.165, 1.54) is 9.13 Å². The molecule has 1 fully saturated rings. The lowest BCUT2D eigenvalue weighted by Gasteiger charge is -2.25. The highest BCUT2D eigenvalue weighted by Gasteiger charge is 2.16. The number of halogens is 2. The average Bonchev–Trinajstić information content (AvgIpc) is 3.10. The Labute approximate surface area is 200 Å². The summed E-state index contributed by atoms with van der Waals surface area (Å²) in [5.41, 5.74) is 10.7. The fourth-order valence-corrected chi connectivity index (χ4v) is 4.37. The molecule has 1 aliphatic heterocycles. The number of hydrogen-bond acceptors (Lipinski definition) is 6. The quantitative estimate of drug-likeness (QED) is 0.305. The molecule has 7 nitrogen and oxygen atoms in total. The molecule has 2 N–H and O–H groups in total. The predicted molar refractivity (Wildman–Crippen MR) is 131 cm³/mol. The number of nitrogens with zero attached hydrogens (tertiary/aromatic N) is 5. The van der Waals surface area contributed by atoms with Gasteiger partial charge in [-0.2, -0.15) is 4.98 Å². The topological polar surface area (TPSA) is 82.1 Å². The van der Waals surface area contributed by atoms with Gasteiger partial charge in [0.05, 0.1) is 36.4 Å². The Morgan fingerprint density at radius 2 is 2.03 bits per heavy atom. The maximum atomic E-state index is 6.44. The smallest absolute Gasteiger partial charge is 0.223 e. The number of ether oxygens (including phenoxy) is 1. The number of anilines is 1. The van der Waals surface area contributed by atoms with Crippen LogP contribution < -0.4 is 5.73 Å². The highest BCUT2D eigenvalue weighted by Crippen LogP contribution is 2.28. The molecule has 0 amide bonds. The first-order chi connectivity index (χ1) is 14.9. The van der Waals surface area contributed by atoms with Crippen LogP contribution in [0.5, 0.6) is 0 Å². The summed E-state index contributed by atoms with van der Waals surface area (Å²) in [6, 6.07) is 0. The lowest BCUT2D eigenvalue weighted by molar-refractivity contribution is 0.0390. The number of hydrogen-bond donors (Lipinski definition) is 1. The molecule has 9 heteroatoms. The SMILES string of the molecule is Cc1cnc(Cn2cc(C#CCCN3CCOCC3)c3c(Cl)nc(N)nc32)c(C)c1I. The molecular weight excluding hydrogens is 527 g/mol. The van der Waals surface area contributed by atoms with Crippen LogP contribution in [0.15, 0.2) is 12.4 Å². The summed E-state index contributed by atoms with van der Waals surface area (Å²) < 4.78 is 8.62. The zero-order valence-electron chi connectivity index (χ0n) is 17.6. The molecule has 162 valence electrons. The van der Waals surface area contributed by atoms with Gasteiger partial charge in [0, 0.05) is 42.0 Å². The van der Waals surface area contributed by atoms with E-state index >= 15 is 0 Å². The first kappa shape index (κ1) is 22.3. The number of nitrogens with two attached hydrogens (primary N) is 1. The summed E-state index contributed by atoms with van der Waals surface area (Å²) >= 11 is 8.81. The number of fused-ring (bicyclic) bond motifs is 1. The van der Waals surface area contributed by atoms with Crippen LogP contribution >= 0.6 is 34.2 Å². The number of pyridine rings is 1. The minimum Gasteiger partial charge on any atom is -0.379 e. The Hall–Kier alpha value is -1.93. The first-order valence-electron chi connectivity index (χ1n) is 10.2. The van der Waals surface area contributed by atoms with Gasteiger partial charge in [-0.15, -0.1) is 0 Å². The third-order valence-electron chi connectivity index (χ3n) is 5.41. The number of aromatic nitrogens is 4. The van der Waals surface area contributed by atoms with Crippen LogP contribution in [0, 0.1) is 29.3 Å². The second-order valence-electron chi connectivity index (χ2n) is 7.57. The number of nitrogen functional groups attached to an aromatic ring is 1. The van der Waals surface area contributed by atoms with E-state index in [0.717, 1.165) is 61.5 Å². The van der Waals surface area contributed by atoms with Gasteiger partial charge in [0.15, 0.2) is 0 Å². The molecule has 0 radical (unpaired) electrons. The van der Waals surface area contributed by atoms with Gasteiger partial charge in [-0.1, -0.05) is 23.4 Å². The van der Waals surface area contributed by atoms with E-state index < -0.39 is 0 Å². The Bertz CT molecular complexity index is 1180. The van der Waals surface area contributed by atoms with Crippen molar-refractivity contribution in [2.45, 2.75) is 26.8 Å². The van der Waals surface area contributed by atoms with E-state index in [1.807, 2.05) is 17.0 Å². The normalized spacial score (nSPS) is 14.6. The van der Waals surface area contributed by atoms with Gasteiger partial charge in [0.2, 0.25) is 5.95 Å². The molecule has 31 heavy (non-hydrogen) atoms. The summed E-state index contributed by atoms with van der Waals surface area (Å²) in [5.74, 6) is 6.70. The van der Waals surface area contributed by atoms with Crippen molar-refractivity contribution in [3.63, 3.8) is 0 Å². The number of morpholine rings is 1. The van der Waals surface area contributed by atoms with E-state index in [2.05, 4.69) is 68.1 Å². The fourth-order valence-electron chi connectivity index (χ4n) is 3.64. The number of rotatable bonds is 4. The van der Waals surface area contributed by atoms with Crippen molar-refractivity contribution in [2.24, 2.45) is 0 Å². The van der Waals surface area contributed by atoms with E-state index in [-0.39, 0.29) is 5.95 Å². The molecule has 0 bridgehead atoms. The van der Waals surface area contributed by atoms with Gasteiger partial charge in [-0.05, 0) is 47.6 Å². The molecule has 0 aliphatic carbocycles. The monoisotopic (exact) mass is 550 g/mol. The molecule has 3 aromatic rings. The van der Waals surface area contributed by atoms with Gasteiger partial charge < -0.3 is 15.0 Å². The first-order valence-corrected chi connectivity index (χ1v) is 11.6. The maximum Gasteiger partial charge on any atom is 0.223 e. The third kappa shape index (κ3) is 4.95. The molecule has 1 saturated heterocycles. The predicted octanol–water partition coefficient (Wildman–Crippen LogP) is 3.41. The highest BCUT2D eigenvalue weighted by atomic mass is 127. The lowest BCUT2D eigenvalue weighted by Crippen LogP contribution is -2.36. The Morgan fingerprint density at radius 3 is 2.81 bits per heavy atom. The Morgan fingerprint density at radius 1 is 1.26 bits per heavy atom. The van der Waals surface area contributed by atoms with Crippen LogP contribution in [0.2, 0.25) is 5.15 Å². The summed E-state index contributed by atoms with van der Waals surface area (Å²) in [7, 11) is 0. The molecule has 0 saturated carbocycles. The van der Waals surface area contributed by atoms with Gasteiger partial charge in [-0.25, -0.2) is 4.98 Å². The lowest BCUT2D eigenvalue weighted by atomic mass is 10.1. The van der Waals surface area contributed by atoms with Gasteiger partial charge in [0.25, 0.3) is 0 Å². The molecule has 1 aliphatic rings. The second kappa shape index (κ2) is 9.69. The van der Waals surface area contributed by atoms with Crippen molar-refractivity contribution < 1.29 is 4.74 Å². The average molecular weight is 551 g/mol. The molecule has 0 aromatic carbocycles. The Kier molecular flexibility index (Phi) is 6.96. The summed E-state index contributed by atoms with van der Waals surface area (Å²) in [4.78, 5) is 15.6. The zero-order valence-corrected chi connectivity index (χ0v) is 20.5. The minimum atomic E-state index is 0.145. The van der Waals surface area contributed by atoms with E-state index in [1.54, 1.807) is 0 Å². The zero-order chi connectivity index (χ0) is 22.0. The van der Waals surface area contributed by atoms with Crippen molar-refractivity contribution >= 4 is 51.2 Å². The van der Waals surface area contributed by atoms with Gasteiger partial charge in [0.1, 0.15) is 10.8 Å². The number of aryl methyl sites for hydroxylation is 1. The van der Waals surface area contributed by atoms with Crippen LogP contribution in [-0.4, -0.2) is 57.3 Å². The summed E-state index contributed by atoms with van der Waals surface area (Å²) in [5, 5.41) is 1.05. The molecule has 4 rings (SSSR count). The van der Waals surface area contributed by atoms with Crippen molar-refractivity contribution in [3.8, 4) is 11.8 Å². The highest BCUT2D eigenvalue weighted by molar-refractivity contribution is 14.1. The molecule has 4 heterocycles. The molecule has 3 aromatic heterocycles. The largest absolute Gasteiger partial charge is 0.379 e. The van der Waals surface area contributed by atoms with Crippen molar-refractivity contribution in [1.82, 2.24) is 24.4 Å². The maximum absolute atomic E-state index is 6.44. The van der Waals surface area contributed by atoms with Crippen molar-refractivity contribution in [1.29, 1.82) is 0 Å². The standard InChI is InChI=1S/C22H24ClIN6O/c1-14-11-26-17(15(2)19(14)24)13-30-12-16(18-20(23)27-22(25)28-21(18)30)5-3-4-6-29-7-9-31-10-8-29/h11-12H,4,6-10,13H2,1-2H3,(H2,25,27,28). The van der Waals surface area contributed by atoms with Crippen LogP contribution in [0.4, 0.5) is 5.95 Å². The Balaban J connectivity index is 1.64. The van der Waals surface area contributed by atoms with E-state index in [4.69, 9.17) is 22.1 Å². The molecular formula is C22H24ClIN6O. The van der Waals surface area contributed by atoms with Crippen molar-refractivity contribution in [3.05, 3.63) is 43.5 Å². The third-order valence-corrected chi connectivity index (χ3v) is 7.34. The second-order valence-corrected chi connectivity index (χ2v) is 9.01. The van der Waals surface area contributed by atoms with Crippen LogP contribution in [-0.2, 0) is 11.3 Å². The van der Waals surface area contributed by atoms with Crippen LogP contribution in [0.1, 0.15) is 28.8 Å². The minimum absolute atomic E-state index is 0.145. The van der Waals surface area contributed by atoms with Crippen LogP contribution in [0.3, 0.4) is 0 Å². The van der Waals surface area contributed by atoms with Crippen LogP contribution in [0.25, 0.3) is 11.0 Å². The van der Waals surface area contributed by atoms with Gasteiger partial charge in [-0.3, -0.25) is 9.88 Å². The van der Waals surface area contributed by atoms with E-state index in [0.29, 0.717) is 17.3 Å². The summed E-state index contributed by atoms with van der Waals surface area (Å²) in [6.45, 7) is 9.14. The molecule has 0 atom stereocenters.